The average Bonchev–Trinajstić information content (AvgIpc) is 2.19. The number of halogens is 1. The Hall–Kier alpha value is -0.330. The van der Waals surface area contributed by atoms with Gasteiger partial charge in [0.25, 0.3) is 0 Å². The third kappa shape index (κ3) is 0.445. The van der Waals surface area contributed by atoms with Crippen molar-refractivity contribution in [2.45, 2.75) is 12.6 Å². The van der Waals surface area contributed by atoms with Crippen LogP contribution in [-0.4, -0.2) is 6.17 Å². The largest absolute Gasteiger partial charge is 0.247 e. The third-order valence-electron chi connectivity index (χ3n) is 1.06. The number of rotatable bonds is 1. The Bertz CT molecular complexity index is 68.3. The van der Waals surface area contributed by atoms with Gasteiger partial charge in [0.2, 0.25) is 0 Å². The average molecular weight is 86.1 g/mol. The highest BCUT2D eigenvalue weighted by molar-refractivity contribution is 4.98. The minimum atomic E-state index is -0.553. The van der Waals surface area contributed by atoms with E-state index in [1.165, 1.54) is 0 Å². The van der Waals surface area contributed by atoms with E-state index in [0.29, 0.717) is 6.42 Å². The van der Waals surface area contributed by atoms with E-state index in [-0.39, 0.29) is 5.92 Å². The van der Waals surface area contributed by atoms with E-state index in [2.05, 4.69) is 6.58 Å². The Morgan fingerprint density at radius 3 is 2.33 bits per heavy atom. The lowest BCUT2D eigenvalue weighted by Crippen LogP contribution is -1.67. The zero-order valence-electron chi connectivity index (χ0n) is 3.52. The minimum absolute atomic E-state index is 0.199. The lowest BCUT2D eigenvalue weighted by molar-refractivity contribution is 0.463. The van der Waals surface area contributed by atoms with Crippen LogP contribution in [0, 0.1) is 5.92 Å². The van der Waals surface area contributed by atoms with Crippen molar-refractivity contribution in [1.29, 1.82) is 0 Å². The van der Waals surface area contributed by atoms with Gasteiger partial charge in [-0.05, 0) is 6.42 Å². The van der Waals surface area contributed by atoms with E-state index in [9.17, 15) is 4.39 Å². The molecule has 1 aliphatic rings. The zero-order chi connectivity index (χ0) is 4.57. The van der Waals surface area contributed by atoms with Crippen LogP contribution in [0.2, 0.25) is 0 Å². The summed E-state index contributed by atoms with van der Waals surface area (Å²) in [5.41, 5.74) is 0. The van der Waals surface area contributed by atoms with Crippen LogP contribution in [0.1, 0.15) is 6.42 Å². The molecule has 1 fully saturated rings. The molecular formula is C5H7F. The Labute approximate surface area is 36.7 Å². The first-order valence-electron chi connectivity index (χ1n) is 2.11. The molecule has 0 amide bonds. The summed E-state index contributed by atoms with van der Waals surface area (Å²) in [5, 5.41) is 0. The van der Waals surface area contributed by atoms with Crippen molar-refractivity contribution in [3.05, 3.63) is 12.7 Å². The van der Waals surface area contributed by atoms with Gasteiger partial charge in [0.1, 0.15) is 6.17 Å². The van der Waals surface area contributed by atoms with E-state index in [1.54, 1.807) is 6.08 Å². The van der Waals surface area contributed by atoms with Gasteiger partial charge in [0.05, 0.1) is 0 Å². The molecule has 0 heterocycles. The number of hydrogen-bond acceptors (Lipinski definition) is 0. The Morgan fingerprint density at radius 1 is 1.83 bits per heavy atom. The molecule has 0 N–H and O–H groups in total. The van der Waals surface area contributed by atoms with Crippen molar-refractivity contribution in [2.24, 2.45) is 5.92 Å². The van der Waals surface area contributed by atoms with Crippen LogP contribution in [0.5, 0.6) is 0 Å². The molecule has 6 heavy (non-hydrogen) atoms. The number of alkyl halides is 1. The van der Waals surface area contributed by atoms with Crippen LogP contribution in [0.25, 0.3) is 0 Å². The molecule has 0 aromatic heterocycles. The predicted molar refractivity (Wildman–Crippen MR) is 23.2 cm³/mol. The summed E-state index contributed by atoms with van der Waals surface area (Å²) < 4.78 is 11.7. The monoisotopic (exact) mass is 86.1 g/mol. The smallest absolute Gasteiger partial charge is 0.107 e. The normalized spacial score (nSPS) is 42.2. The lowest BCUT2D eigenvalue weighted by Gasteiger charge is -1.69. The van der Waals surface area contributed by atoms with E-state index < -0.39 is 6.17 Å². The van der Waals surface area contributed by atoms with Crippen molar-refractivity contribution < 1.29 is 4.39 Å². The first kappa shape index (κ1) is 3.85. The fourth-order valence-corrected chi connectivity index (χ4v) is 0.425. The Kier molecular flexibility index (Phi) is 0.685. The highest BCUT2D eigenvalue weighted by Crippen LogP contribution is 2.33. The summed E-state index contributed by atoms with van der Waals surface area (Å²) in [6.45, 7) is 3.43. The zero-order valence-corrected chi connectivity index (χ0v) is 3.52. The highest BCUT2D eigenvalue weighted by atomic mass is 19.1. The summed E-state index contributed by atoms with van der Waals surface area (Å²) >= 11 is 0. The molecule has 1 saturated carbocycles. The summed E-state index contributed by atoms with van der Waals surface area (Å²) in [5.74, 6) is 0.199. The number of allylic oxidation sites excluding steroid dienone is 1. The maximum absolute atomic E-state index is 11.7. The van der Waals surface area contributed by atoms with Gasteiger partial charge < -0.3 is 0 Å². The molecule has 0 bridgehead atoms. The van der Waals surface area contributed by atoms with Crippen LogP contribution in [0.15, 0.2) is 12.7 Å². The highest BCUT2D eigenvalue weighted by Gasteiger charge is 2.33. The first-order chi connectivity index (χ1) is 2.84. The van der Waals surface area contributed by atoms with E-state index in [1.807, 2.05) is 0 Å². The molecule has 2 atom stereocenters. The molecule has 0 nitrogen and oxygen atoms in total. The van der Waals surface area contributed by atoms with Crippen LogP contribution >= 0.6 is 0 Å². The van der Waals surface area contributed by atoms with Crippen molar-refractivity contribution in [3.8, 4) is 0 Å². The molecule has 1 rings (SSSR count). The Morgan fingerprint density at radius 2 is 2.33 bits per heavy atom. The van der Waals surface area contributed by atoms with E-state index in [0.717, 1.165) is 0 Å². The maximum atomic E-state index is 11.7. The number of hydrogen-bond donors (Lipinski definition) is 0. The van der Waals surface area contributed by atoms with Crippen molar-refractivity contribution in [3.63, 3.8) is 0 Å². The second-order valence-corrected chi connectivity index (χ2v) is 1.65. The molecule has 0 aromatic rings. The van der Waals surface area contributed by atoms with Crippen molar-refractivity contribution >= 4 is 0 Å². The first-order valence-corrected chi connectivity index (χ1v) is 2.11. The van der Waals surface area contributed by atoms with Gasteiger partial charge in [-0.1, -0.05) is 6.08 Å². The van der Waals surface area contributed by atoms with Gasteiger partial charge in [0, 0.05) is 5.92 Å². The fourth-order valence-electron chi connectivity index (χ4n) is 0.425. The second-order valence-electron chi connectivity index (χ2n) is 1.65. The topological polar surface area (TPSA) is 0 Å². The van der Waals surface area contributed by atoms with Gasteiger partial charge in [-0.2, -0.15) is 0 Å². The van der Waals surface area contributed by atoms with Crippen molar-refractivity contribution in [1.82, 2.24) is 0 Å². The molecule has 1 aliphatic carbocycles. The molecule has 0 spiro atoms. The third-order valence-corrected chi connectivity index (χ3v) is 1.06. The Balaban J connectivity index is 2.25. The van der Waals surface area contributed by atoms with Crippen LogP contribution in [0.4, 0.5) is 4.39 Å². The van der Waals surface area contributed by atoms with E-state index in [4.69, 9.17) is 0 Å². The summed E-state index contributed by atoms with van der Waals surface area (Å²) in [6.07, 6.45) is 1.83. The summed E-state index contributed by atoms with van der Waals surface area (Å²) in [7, 11) is 0. The van der Waals surface area contributed by atoms with Gasteiger partial charge in [0.15, 0.2) is 0 Å². The molecule has 1 heteroatoms. The molecular weight excluding hydrogens is 79.1 g/mol. The molecule has 0 unspecified atom stereocenters. The second kappa shape index (κ2) is 1.07. The molecule has 0 saturated heterocycles. The summed E-state index contributed by atoms with van der Waals surface area (Å²) in [4.78, 5) is 0. The quantitative estimate of drug-likeness (QED) is 0.424. The van der Waals surface area contributed by atoms with Gasteiger partial charge >= 0.3 is 0 Å². The lowest BCUT2D eigenvalue weighted by atomic mass is 10.4. The van der Waals surface area contributed by atoms with Gasteiger partial charge in [-0.25, -0.2) is 4.39 Å². The van der Waals surface area contributed by atoms with Crippen LogP contribution in [0.3, 0.4) is 0 Å². The predicted octanol–water partition coefficient (Wildman–Crippen LogP) is 1.53. The molecule has 0 aliphatic heterocycles. The standard InChI is InChI=1S/C5H7F/c1-2-4-3-5(4)6/h2,4-5H,1,3H2/t4-,5-/m1/s1. The van der Waals surface area contributed by atoms with Gasteiger partial charge in [-0.15, -0.1) is 6.58 Å². The molecule has 0 aromatic carbocycles. The van der Waals surface area contributed by atoms with Crippen molar-refractivity contribution in [2.75, 3.05) is 0 Å². The SMILES string of the molecule is C=C[C@@H]1C[C@H]1F. The molecule has 34 valence electrons. The van der Waals surface area contributed by atoms with Gasteiger partial charge in [-0.3, -0.25) is 0 Å². The maximum Gasteiger partial charge on any atom is 0.107 e. The van der Waals surface area contributed by atoms with Crippen LogP contribution in [-0.2, 0) is 0 Å². The fraction of sp³-hybridized carbons (Fsp3) is 0.600. The van der Waals surface area contributed by atoms with E-state index >= 15 is 0 Å². The molecule has 0 radical (unpaired) electrons. The van der Waals surface area contributed by atoms with Crippen LogP contribution < -0.4 is 0 Å². The summed E-state index contributed by atoms with van der Waals surface area (Å²) in [6, 6.07) is 0. The minimum Gasteiger partial charge on any atom is -0.247 e.